The lowest BCUT2D eigenvalue weighted by atomic mass is 10.1. The van der Waals surface area contributed by atoms with Crippen molar-refractivity contribution in [3.05, 3.63) is 0 Å². The van der Waals surface area contributed by atoms with Crippen LogP contribution in [0.2, 0.25) is 0 Å². The van der Waals surface area contributed by atoms with Crippen LogP contribution in [-0.2, 0) is 4.74 Å². The summed E-state index contributed by atoms with van der Waals surface area (Å²) >= 11 is 4.38. The second kappa shape index (κ2) is 7.05. The Morgan fingerprint density at radius 3 is 2.06 bits per heavy atom. The summed E-state index contributed by atoms with van der Waals surface area (Å²) in [6, 6.07) is 0. The highest BCUT2D eigenvalue weighted by Gasteiger charge is 2.25. The van der Waals surface area contributed by atoms with Gasteiger partial charge in [-0.25, -0.2) is 4.79 Å². The van der Waals surface area contributed by atoms with E-state index < -0.39 is 5.60 Å². The number of carbonyl (C=O) groups is 1. The molecular weight excluding hydrogens is 222 g/mol. The molecule has 0 atom stereocenters. The first-order valence-electron chi connectivity index (χ1n) is 6.04. The number of carbonyl (C=O) groups excluding carboxylic acids is 1. The normalized spacial score (nSPS) is 17.5. The zero-order chi connectivity index (χ0) is 12.8. The second-order valence-electron chi connectivity index (χ2n) is 4.70. The third-order valence-corrected chi connectivity index (χ3v) is 2.63. The predicted octanol–water partition coefficient (Wildman–Crippen LogP) is 3.34. The molecule has 0 aromatic carbocycles. The first-order chi connectivity index (χ1) is 7.38. The summed E-state index contributed by atoms with van der Waals surface area (Å²) in [5.41, 5.74) is -0.394. The van der Waals surface area contributed by atoms with E-state index in [0.717, 1.165) is 25.9 Å². The highest BCUT2D eigenvalue weighted by Crippen LogP contribution is 2.17. The molecule has 0 N–H and O–H groups in total. The van der Waals surface area contributed by atoms with E-state index in [0.29, 0.717) is 5.25 Å². The number of likely N-dealkylation sites (tertiary alicyclic amines) is 1. The van der Waals surface area contributed by atoms with Gasteiger partial charge < -0.3 is 9.64 Å². The Labute approximate surface area is 105 Å². The molecule has 1 aliphatic rings. The summed E-state index contributed by atoms with van der Waals surface area (Å²) in [6.45, 7) is 11.2. The third kappa shape index (κ3) is 6.26. The molecule has 3 nitrogen and oxygen atoms in total. The zero-order valence-electron chi connectivity index (χ0n) is 11.1. The van der Waals surface area contributed by atoms with Gasteiger partial charge in [0.2, 0.25) is 0 Å². The van der Waals surface area contributed by atoms with E-state index in [9.17, 15) is 4.79 Å². The smallest absolute Gasteiger partial charge is 0.410 e. The van der Waals surface area contributed by atoms with Gasteiger partial charge in [0.1, 0.15) is 5.60 Å². The summed E-state index contributed by atoms with van der Waals surface area (Å²) in [5, 5.41) is 0.439. The van der Waals surface area contributed by atoms with Crippen LogP contribution in [0.5, 0.6) is 0 Å². The van der Waals surface area contributed by atoms with E-state index in [1.54, 1.807) is 4.90 Å². The molecule has 4 heteroatoms. The molecule has 1 saturated heterocycles. The number of ether oxygens (including phenoxy) is 1. The van der Waals surface area contributed by atoms with Crippen LogP contribution < -0.4 is 0 Å². The summed E-state index contributed by atoms with van der Waals surface area (Å²) in [5.74, 6) is 0. The van der Waals surface area contributed by atoms with Crippen LogP contribution in [0.1, 0.15) is 47.5 Å². The Morgan fingerprint density at radius 1 is 1.25 bits per heavy atom. The van der Waals surface area contributed by atoms with E-state index in [1.807, 2.05) is 34.6 Å². The van der Waals surface area contributed by atoms with Crippen LogP contribution in [0.3, 0.4) is 0 Å². The fourth-order valence-electron chi connectivity index (χ4n) is 1.37. The first kappa shape index (κ1) is 15.6. The van der Waals surface area contributed by atoms with Gasteiger partial charge in [-0.3, -0.25) is 0 Å². The Kier molecular flexibility index (Phi) is 6.88. The van der Waals surface area contributed by atoms with Crippen molar-refractivity contribution in [2.24, 2.45) is 0 Å². The van der Waals surface area contributed by atoms with E-state index in [-0.39, 0.29) is 6.09 Å². The Morgan fingerprint density at radius 2 is 1.69 bits per heavy atom. The maximum absolute atomic E-state index is 11.6. The number of thiol groups is 1. The molecule has 0 aromatic rings. The van der Waals surface area contributed by atoms with Crippen molar-refractivity contribution in [2.45, 2.75) is 58.3 Å². The van der Waals surface area contributed by atoms with Gasteiger partial charge in [0.05, 0.1) is 0 Å². The maximum Gasteiger partial charge on any atom is 0.410 e. The average Bonchev–Trinajstić information content (AvgIpc) is 2.19. The topological polar surface area (TPSA) is 29.5 Å². The monoisotopic (exact) mass is 247 g/mol. The van der Waals surface area contributed by atoms with E-state index >= 15 is 0 Å². The fraction of sp³-hybridized carbons (Fsp3) is 0.917. The predicted molar refractivity (Wildman–Crippen MR) is 71.2 cm³/mol. The molecule has 0 saturated carbocycles. The highest BCUT2D eigenvalue weighted by molar-refractivity contribution is 7.80. The largest absolute Gasteiger partial charge is 0.444 e. The number of rotatable bonds is 0. The molecule has 1 fully saturated rings. The van der Waals surface area contributed by atoms with Gasteiger partial charge in [0.25, 0.3) is 0 Å². The van der Waals surface area contributed by atoms with Crippen molar-refractivity contribution in [3.63, 3.8) is 0 Å². The molecule has 1 amide bonds. The second-order valence-corrected chi connectivity index (χ2v) is 5.43. The van der Waals surface area contributed by atoms with Crippen LogP contribution in [0.15, 0.2) is 0 Å². The molecule has 96 valence electrons. The van der Waals surface area contributed by atoms with Gasteiger partial charge >= 0.3 is 6.09 Å². The van der Waals surface area contributed by atoms with Crippen LogP contribution in [-0.4, -0.2) is 34.9 Å². The van der Waals surface area contributed by atoms with Crippen molar-refractivity contribution < 1.29 is 9.53 Å². The zero-order valence-corrected chi connectivity index (χ0v) is 12.0. The van der Waals surface area contributed by atoms with E-state index in [4.69, 9.17) is 4.74 Å². The van der Waals surface area contributed by atoms with Crippen molar-refractivity contribution in [1.82, 2.24) is 4.90 Å². The number of nitrogens with zero attached hydrogens (tertiary/aromatic N) is 1. The molecule has 0 aromatic heterocycles. The lowest BCUT2D eigenvalue weighted by Gasteiger charge is -2.31. The van der Waals surface area contributed by atoms with Gasteiger partial charge in [-0.1, -0.05) is 13.8 Å². The van der Waals surface area contributed by atoms with Crippen molar-refractivity contribution in [3.8, 4) is 0 Å². The highest BCUT2D eigenvalue weighted by atomic mass is 32.1. The minimum absolute atomic E-state index is 0.197. The molecule has 1 heterocycles. The summed E-state index contributed by atoms with van der Waals surface area (Å²) in [7, 11) is 0. The van der Waals surface area contributed by atoms with Gasteiger partial charge in [-0.15, -0.1) is 0 Å². The standard InChI is InChI=1S/C10H19NO2S.C2H6/c1-10(2,3)13-9(12)11-6-4-8(14)5-7-11;1-2/h8,14H,4-7H2,1-3H3;1-2H3. The average molecular weight is 247 g/mol. The minimum Gasteiger partial charge on any atom is -0.444 e. The maximum atomic E-state index is 11.6. The van der Waals surface area contributed by atoms with Crippen molar-refractivity contribution >= 4 is 18.7 Å². The van der Waals surface area contributed by atoms with Crippen LogP contribution in [0, 0.1) is 0 Å². The molecule has 0 radical (unpaired) electrons. The molecule has 0 spiro atoms. The lowest BCUT2D eigenvalue weighted by Crippen LogP contribution is -2.42. The number of piperidine rings is 1. The summed E-state index contributed by atoms with van der Waals surface area (Å²) < 4.78 is 5.27. The summed E-state index contributed by atoms with van der Waals surface area (Å²) in [4.78, 5) is 13.4. The molecular formula is C12H25NO2S. The number of hydrogen-bond acceptors (Lipinski definition) is 3. The van der Waals surface area contributed by atoms with Gasteiger partial charge in [0.15, 0.2) is 0 Å². The molecule has 0 aliphatic carbocycles. The van der Waals surface area contributed by atoms with E-state index in [2.05, 4.69) is 12.6 Å². The Bertz CT molecular complexity index is 206. The Hall–Kier alpha value is -0.380. The molecule has 0 bridgehead atoms. The van der Waals surface area contributed by atoms with Crippen LogP contribution >= 0.6 is 12.6 Å². The lowest BCUT2D eigenvalue weighted by molar-refractivity contribution is 0.0219. The quantitative estimate of drug-likeness (QED) is 0.665. The molecule has 0 unspecified atom stereocenters. The van der Waals surface area contributed by atoms with Crippen LogP contribution in [0.25, 0.3) is 0 Å². The third-order valence-electron chi connectivity index (χ3n) is 2.12. The Balaban J connectivity index is 0.00000106. The minimum atomic E-state index is -0.394. The van der Waals surface area contributed by atoms with Gasteiger partial charge in [-0.2, -0.15) is 12.6 Å². The fourth-order valence-corrected chi connectivity index (χ4v) is 1.61. The number of hydrogen-bond donors (Lipinski definition) is 1. The summed E-state index contributed by atoms with van der Waals surface area (Å²) in [6.07, 6.45) is 1.72. The van der Waals surface area contributed by atoms with Gasteiger partial charge in [0, 0.05) is 18.3 Å². The van der Waals surface area contributed by atoms with Crippen LogP contribution in [0.4, 0.5) is 4.79 Å². The molecule has 16 heavy (non-hydrogen) atoms. The first-order valence-corrected chi connectivity index (χ1v) is 6.56. The van der Waals surface area contributed by atoms with Crippen molar-refractivity contribution in [2.75, 3.05) is 13.1 Å². The SMILES string of the molecule is CC.CC(C)(C)OC(=O)N1CCC(S)CC1. The van der Waals surface area contributed by atoms with E-state index in [1.165, 1.54) is 0 Å². The van der Waals surface area contributed by atoms with Crippen molar-refractivity contribution in [1.29, 1.82) is 0 Å². The number of amides is 1. The van der Waals surface area contributed by atoms with Gasteiger partial charge in [-0.05, 0) is 33.6 Å². The molecule has 1 aliphatic heterocycles. The molecule has 1 rings (SSSR count).